The molecular weight excluding hydrogens is 334 g/mol. The number of amides is 2. The molecule has 0 fully saturated rings. The molecule has 0 saturated carbocycles. The zero-order valence-corrected chi connectivity index (χ0v) is 13.6. The standard InChI is InChI=1S/C16H16F2N4O3/c1-9-7-20(16(24)25)14-5-11(3-4-13(14)22(9)10(2)23)12-6-19-21(8-12)15(17)18/h3-6,8-9,15H,7H2,1-2H3,(H,24,25)/t9-/m0/s1. The summed E-state index contributed by atoms with van der Waals surface area (Å²) in [5.41, 5.74) is 1.78. The van der Waals surface area contributed by atoms with Crippen molar-refractivity contribution in [3.05, 3.63) is 30.6 Å². The predicted molar refractivity (Wildman–Crippen MR) is 86.9 cm³/mol. The molecule has 1 aliphatic heterocycles. The summed E-state index contributed by atoms with van der Waals surface area (Å²) < 4.78 is 25.9. The molecule has 25 heavy (non-hydrogen) atoms. The summed E-state index contributed by atoms with van der Waals surface area (Å²) in [6, 6.07) is 4.53. The van der Waals surface area contributed by atoms with Crippen LogP contribution in [0.5, 0.6) is 0 Å². The number of hydrogen-bond donors (Lipinski definition) is 1. The Labute approximate surface area is 142 Å². The molecule has 0 unspecified atom stereocenters. The molecule has 0 aliphatic carbocycles. The average Bonchev–Trinajstić information content (AvgIpc) is 3.03. The van der Waals surface area contributed by atoms with Crippen molar-refractivity contribution in [2.75, 3.05) is 16.3 Å². The molecule has 0 saturated heterocycles. The molecular formula is C16H16F2N4O3. The van der Waals surface area contributed by atoms with Crippen molar-refractivity contribution in [3.8, 4) is 11.1 Å². The lowest BCUT2D eigenvalue weighted by Crippen LogP contribution is -2.51. The van der Waals surface area contributed by atoms with Crippen LogP contribution in [0.15, 0.2) is 30.6 Å². The van der Waals surface area contributed by atoms with E-state index in [-0.39, 0.29) is 18.5 Å². The SMILES string of the molecule is CC(=O)N1c2ccc(-c3cnn(C(F)F)c3)cc2N(C(=O)O)C[C@@H]1C. The maximum atomic E-state index is 12.7. The van der Waals surface area contributed by atoms with Crippen molar-refractivity contribution in [3.63, 3.8) is 0 Å². The van der Waals surface area contributed by atoms with E-state index in [1.165, 1.54) is 24.2 Å². The normalized spacial score (nSPS) is 16.9. The molecule has 2 aromatic rings. The molecule has 0 bridgehead atoms. The fraction of sp³-hybridized carbons (Fsp3) is 0.312. The van der Waals surface area contributed by atoms with Crippen LogP contribution in [-0.4, -0.2) is 39.5 Å². The van der Waals surface area contributed by atoms with Gasteiger partial charge >= 0.3 is 12.6 Å². The summed E-state index contributed by atoms with van der Waals surface area (Å²) in [7, 11) is 0. The third-order valence-electron chi connectivity index (χ3n) is 4.12. The molecule has 2 heterocycles. The van der Waals surface area contributed by atoms with Crippen molar-refractivity contribution in [2.24, 2.45) is 0 Å². The first-order valence-corrected chi connectivity index (χ1v) is 7.56. The van der Waals surface area contributed by atoms with Gasteiger partial charge in [-0.3, -0.25) is 9.69 Å². The van der Waals surface area contributed by atoms with Gasteiger partial charge in [-0.1, -0.05) is 6.07 Å². The van der Waals surface area contributed by atoms with E-state index in [1.807, 2.05) is 0 Å². The number of carbonyl (C=O) groups is 2. The predicted octanol–water partition coefficient (Wildman–Crippen LogP) is 3.18. The van der Waals surface area contributed by atoms with E-state index >= 15 is 0 Å². The van der Waals surface area contributed by atoms with Gasteiger partial charge in [-0.15, -0.1) is 0 Å². The molecule has 0 radical (unpaired) electrons. The number of alkyl halides is 2. The number of benzene rings is 1. The molecule has 1 atom stereocenters. The maximum Gasteiger partial charge on any atom is 0.411 e. The van der Waals surface area contributed by atoms with Crippen molar-refractivity contribution in [1.82, 2.24) is 9.78 Å². The molecule has 7 nitrogen and oxygen atoms in total. The first-order valence-electron chi connectivity index (χ1n) is 7.56. The molecule has 3 rings (SSSR count). The first-order chi connectivity index (χ1) is 11.8. The van der Waals surface area contributed by atoms with Crippen LogP contribution in [-0.2, 0) is 4.79 Å². The fourth-order valence-corrected chi connectivity index (χ4v) is 3.06. The van der Waals surface area contributed by atoms with Crippen LogP contribution in [0.1, 0.15) is 20.4 Å². The smallest absolute Gasteiger partial charge is 0.411 e. The zero-order chi connectivity index (χ0) is 18.3. The van der Waals surface area contributed by atoms with Crippen LogP contribution in [0.2, 0.25) is 0 Å². The second-order valence-electron chi connectivity index (χ2n) is 5.82. The molecule has 1 N–H and O–H groups in total. The van der Waals surface area contributed by atoms with Crippen LogP contribution in [0.4, 0.5) is 25.0 Å². The molecule has 1 aromatic carbocycles. The van der Waals surface area contributed by atoms with Gasteiger partial charge in [-0.05, 0) is 24.6 Å². The Kier molecular flexibility index (Phi) is 4.15. The minimum absolute atomic E-state index is 0.127. The van der Waals surface area contributed by atoms with E-state index in [9.17, 15) is 23.5 Å². The summed E-state index contributed by atoms with van der Waals surface area (Å²) in [6.07, 6.45) is 1.33. The number of carbonyl (C=O) groups excluding carboxylic acids is 1. The topological polar surface area (TPSA) is 78.7 Å². The lowest BCUT2D eigenvalue weighted by molar-refractivity contribution is -0.117. The maximum absolute atomic E-state index is 12.7. The number of hydrogen-bond acceptors (Lipinski definition) is 3. The lowest BCUT2D eigenvalue weighted by Gasteiger charge is -2.39. The fourth-order valence-electron chi connectivity index (χ4n) is 3.06. The lowest BCUT2D eigenvalue weighted by atomic mass is 10.0. The molecule has 2 amide bonds. The highest BCUT2D eigenvalue weighted by Crippen LogP contribution is 2.38. The van der Waals surface area contributed by atoms with Gasteiger partial charge in [0.25, 0.3) is 0 Å². The number of aromatic nitrogens is 2. The van der Waals surface area contributed by atoms with E-state index in [4.69, 9.17) is 0 Å². The van der Waals surface area contributed by atoms with Gasteiger partial charge in [-0.25, -0.2) is 9.48 Å². The summed E-state index contributed by atoms with van der Waals surface area (Å²) in [5.74, 6) is -0.197. The number of halogens is 2. The highest BCUT2D eigenvalue weighted by atomic mass is 19.3. The number of anilines is 2. The third-order valence-corrected chi connectivity index (χ3v) is 4.12. The Morgan fingerprint density at radius 1 is 1.28 bits per heavy atom. The van der Waals surface area contributed by atoms with Gasteiger partial charge in [0.2, 0.25) is 5.91 Å². The van der Waals surface area contributed by atoms with Gasteiger partial charge in [0.05, 0.1) is 23.6 Å². The Balaban J connectivity index is 2.10. The van der Waals surface area contributed by atoms with Crippen LogP contribution in [0.25, 0.3) is 11.1 Å². The second-order valence-corrected chi connectivity index (χ2v) is 5.82. The Morgan fingerprint density at radius 2 is 2.00 bits per heavy atom. The van der Waals surface area contributed by atoms with Crippen molar-refractivity contribution in [1.29, 1.82) is 0 Å². The molecule has 132 valence electrons. The largest absolute Gasteiger partial charge is 0.465 e. The summed E-state index contributed by atoms with van der Waals surface area (Å²) in [6.45, 7) is 0.552. The number of fused-ring (bicyclic) bond motifs is 1. The Morgan fingerprint density at radius 3 is 2.56 bits per heavy atom. The summed E-state index contributed by atoms with van der Waals surface area (Å²) in [4.78, 5) is 26.2. The van der Waals surface area contributed by atoms with Crippen molar-refractivity contribution >= 4 is 23.4 Å². The number of carboxylic acid groups (broad SMARTS) is 1. The summed E-state index contributed by atoms with van der Waals surface area (Å²) in [5, 5.41) is 13.1. The van der Waals surface area contributed by atoms with Gasteiger partial charge < -0.3 is 10.0 Å². The minimum atomic E-state index is -2.75. The Bertz CT molecular complexity index is 837. The van der Waals surface area contributed by atoms with Crippen LogP contribution in [0, 0.1) is 0 Å². The molecule has 1 aromatic heterocycles. The van der Waals surface area contributed by atoms with Gasteiger partial charge in [0.15, 0.2) is 0 Å². The van der Waals surface area contributed by atoms with E-state index in [0.717, 1.165) is 4.90 Å². The highest BCUT2D eigenvalue weighted by molar-refractivity contribution is 6.02. The van der Waals surface area contributed by atoms with Gasteiger partial charge in [0.1, 0.15) is 0 Å². The van der Waals surface area contributed by atoms with Crippen LogP contribution < -0.4 is 9.80 Å². The van der Waals surface area contributed by atoms with E-state index in [1.54, 1.807) is 25.1 Å². The zero-order valence-electron chi connectivity index (χ0n) is 13.6. The second kappa shape index (κ2) is 6.15. The third kappa shape index (κ3) is 2.92. The number of rotatable bonds is 2. The van der Waals surface area contributed by atoms with E-state index in [0.29, 0.717) is 27.2 Å². The molecule has 0 spiro atoms. The molecule has 9 heteroatoms. The summed E-state index contributed by atoms with van der Waals surface area (Å²) >= 11 is 0. The minimum Gasteiger partial charge on any atom is -0.465 e. The Hall–Kier alpha value is -2.97. The van der Waals surface area contributed by atoms with Crippen molar-refractivity contribution < 1.29 is 23.5 Å². The average molecular weight is 350 g/mol. The first kappa shape index (κ1) is 16.9. The van der Waals surface area contributed by atoms with E-state index < -0.39 is 12.6 Å². The van der Waals surface area contributed by atoms with Crippen LogP contribution in [0.3, 0.4) is 0 Å². The van der Waals surface area contributed by atoms with Crippen LogP contribution >= 0.6 is 0 Å². The highest BCUT2D eigenvalue weighted by Gasteiger charge is 2.33. The quantitative estimate of drug-likeness (QED) is 0.902. The van der Waals surface area contributed by atoms with E-state index in [2.05, 4.69) is 5.10 Å². The number of nitrogens with zero attached hydrogens (tertiary/aromatic N) is 4. The van der Waals surface area contributed by atoms with Gasteiger partial charge in [-0.2, -0.15) is 13.9 Å². The monoisotopic (exact) mass is 350 g/mol. The van der Waals surface area contributed by atoms with Gasteiger partial charge in [0, 0.05) is 25.2 Å². The molecule has 1 aliphatic rings. The van der Waals surface area contributed by atoms with Crippen molar-refractivity contribution in [2.45, 2.75) is 26.4 Å².